The van der Waals surface area contributed by atoms with Gasteiger partial charge in [0.25, 0.3) is 0 Å². The standard InChI is InChI=1S/C17H32O2/c1-2-3-4-5-6-7-8-9-10-12-15-18-17-14-11-13-16-19-17/h7-8,17H,2-6,9-16H2,1H3/b8-7+/t17-/m0/s1. The van der Waals surface area contributed by atoms with Crippen LogP contribution in [0.4, 0.5) is 0 Å². The van der Waals surface area contributed by atoms with Crippen molar-refractivity contribution >= 4 is 0 Å². The van der Waals surface area contributed by atoms with Crippen molar-refractivity contribution in [2.75, 3.05) is 13.2 Å². The average molecular weight is 268 g/mol. The lowest BCUT2D eigenvalue weighted by molar-refractivity contribution is -0.162. The molecular formula is C17H32O2. The second kappa shape index (κ2) is 12.7. The minimum Gasteiger partial charge on any atom is -0.353 e. The van der Waals surface area contributed by atoms with Gasteiger partial charge in [0, 0.05) is 13.2 Å². The molecule has 0 aliphatic carbocycles. The third-order valence-corrected chi connectivity index (χ3v) is 3.60. The molecule has 1 fully saturated rings. The summed E-state index contributed by atoms with van der Waals surface area (Å²) in [5.74, 6) is 0. The van der Waals surface area contributed by atoms with Crippen molar-refractivity contribution < 1.29 is 9.47 Å². The molecule has 2 heteroatoms. The molecule has 0 aromatic rings. The number of unbranched alkanes of at least 4 members (excludes halogenated alkanes) is 6. The molecule has 2 nitrogen and oxygen atoms in total. The Balaban J connectivity index is 1.78. The lowest BCUT2D eigenvalue weighted by Crippen LogP contribution is -2.22. The van der Waals surface area contributed by atoms with Gasteiger partial charge >= 0.3 is 0 Å². The number of hydrogen-bond donors (Lipinski definition) is 0. The average Bonchev–Trinajstić information content (AvgIpc) is 2.46. The summed E-state index contributed by atoms with van der Waals surface area (Å²) in [5, 5.41) is 0. The van der Waals surface area contributed by atoms with E-state index in [1.807, 2.05) is 0 Å². The fraction of sp³-hybridized carbons (Fsp3) is 0.882. The Labute approximate surface area is 119 Å². The third-order valence-electron chi connectivity index (χ3n) is 3.60. The van der Waals surface area contributed by atoms with Gasteiger partial charge in [-0.3, -0.25) is 0 Å². The number of ether oxygens (including phenoxy) is 2. The minimum absolute atomic E-state index is 0.0860. The van der Waals surface area contributed by atoms with Crippen LogP contribution in [0.1, 0.15) is 77.6 Å². The van der Waals surface area contributed by atoms with Gasteiger partial charge in [-0.1, -0.05) is 38.3 Å². The molecule has 0 aromatic carbocycles. The Morgan fingerprint density at radius 2 is 1.79 bits per heavy atom. The van der Waals surface area contributed by atoms with E-state index in [0.717, 1.165) is 26.1 Å². The van der Waals surface area contributed by atoms with E-state index in [9.17, 15) is 0 Å². The molecule has 0 spiro atoms. The van der Waals surface area contributed by atoms with E-state index in [2.05, 4.69) is 19.1 Å². The van der Waals surface area contributed by atoms with Crippen LogP contribution < -0.4 is 0 Å². The third kappa shape index (κ3) is 10.1. The van der Waals surface area contributed by atoms with Gasteiger partial charge in [0.15, 0.2) is 6.29 Å². The van der Waals surface area contributed by atoms with Crippen LogP contribution in [0.5, 0.6) is 0 Å². The van der Waals surface area contributed by atoms with Crippen LogP contribution >= 0.6 is 0 Å². The summed E-state index contributed by atoms with van der Waals surface area (Å²) in [7, 11) is 0. The van der Waals surface area contributed by atoms with Crippen molar-refractivity contribution in [2.45, 2.75) is 83.8 Å². The van der Waals surface area contributed by atoms with Crippen molar-refractivity contribution in [1.29, 1.82) is 0 Å². The normalized spacial score (nSPS) is 20.2. The van der Waals surface area contributed by atoms with Crippen LogP contribution in [0.3, 0.4) is 0 Å². The highest BCUT2D eigenvalue weighted by atomic mass is 16.7. The summed E-state index contributed by atoms with van der Waals surface area (Å²) >= 11 is 0. The first kappa shape index (κ1) is 16.7. The van der Waals surface area contributed by atoms with Gasteiger partial charge in [-0.05, 0) is 51.4 Å². The first-order valence-corrected chi connectivity index (χ1v) is 8.31. The lowest BCUT2D eigenvalue weighted by atomic mass is 10.1. The second-order valence-electron chi connectivity index (χ2n) is 5.48. The maximum Gasteiger partial charge on any atom is 0.157 e. The lowest BCUT2D eigenvalue weighted by Gasteiger charge is -2.22. The van der Waals surface area contributed by atoms with Gasteiger partial charge in [-0.2, -0.15) is 0 Å². The molecule has 1 saturated heterocycles. The van der Waals surface area contributed by atoms with Crippen LogP contribution in [0, 0.1) is 0 Å². The van der Waals surface area contributed by atoms with E-state index in [1.54, 1.807) is 0 Å². The van der Waals surface area contributed by atoms with E-state index in [0.29, 0.717) is 0 Å². The number of hydrogen-bond acceptors (Lipinski definition) is 2. The monoisotopic (exact) mass is 268 g/mol. The molecule has 0 N–H and O–H groups in total. The molecule has 1 aliphatic rings. The van der Waals surface area contributed by atoms with Crippen molar-refractivity contribution in [3.05, 3.63) is 12.2 Å². The smallest absolute Gasteiger partial charge is 0.157 e. The molecule has 112 valence electrons. The molecule has 0 saturated carbocycles. The Kier molecular flexibility index (Phi) is 11.2. The van der Waals surface area contributed by atoms with Gasteiger partial charge in [-0.25, -0.2) is 0 Å². The quantitative estimate of drug-likeness (QED) is 0.377. The van der Waals surface area contributed by atoms with Crippen LogP contribution in [-0.2, 0) is 9.47 Å². The fourth-order valence-electron chi connectivity index (χ4n) is 2.35. The Morgan fingerprint density at radius 3 is 2.47 bits per heavy atom. The Morgan fingerprint density at radius 1 is 1.00 bits per heavy atom. The summed E-state index contributed by atoms with van der Waals surface area (Å²) in [4.78, 5) is 0. The Bertz CT molecular complexity index is 207. The van der Waals surface area contributed by atoms with Gasteiger partial charge < -0.3 is 9.47 Å². The van der Waals surface area contributed by atoms with Crippen molar-refractivity contribution in [1.82, 2.24) is 0 Å². The predicted molar refractivity (Wildman–Crippen MR) is 81.3 cm³/mol. The zero-order chi connectivity index (χ0) is 13.6. The van der Waals surface area contributed by atoms with Crippen LogP contribution in [0.15, 0.2) is 12.2 Å². The zero-order valence-corrected chi connectivity index (χ0v) is 12.7. The van der Waals surface area contributed by atoms with E-state index < -0.39 is 0 Å². The summed E-state index contributed by atoms with van der Waals surface area (Å²) in [6.45, 7) is 4.00. The summed E-state index contributed by atoms with van der Waals surface area (Å²) < 4.78 is 11.2. The van der Waals surface area contributed by atoms with Gasteiger partial charge in [-0.15, -0.1) is 0 Å². The second-order valence-corrected chi connectivity index (χ2v) is 5.48. The first-order chi connectivity index (χ1) is 9.43. The van der Waals surface area contributed by atoms with E-state index in [1.165, 1.54) is 57.8 Å². The molecule has 19 heavy (non-hydrogen) atoms. The summed E-state index contributed by atoms with van der Waals surface area (Å²) in [6.07, 6.45) is 18.6. The maximum atomic E-state index is 5.71. The molecule has 1 heterocycles. The summed E-state index contributed by atoms with van der Waals surface area (Å²) in [5.41, 5.74) is 0. The van der Waals surface area contributed by atoms with E-state index in [-0.39, 0.29) is 6.29 Å². The molecule has 0 radical (unpaired) electrons. The number of allylic oxidation sites excluding steroid dienone is 2. The first-order valence-electron chi connectivity index (χ1n) is 8.31. The van der Waals surface area contributed by atoms with Crippen molar-refractivity contribution in [3.63, 3.8) is 0 Å². The fourth-order valence-corrected chi connectivity index (χ4v) is 2.35. The molecule has 1 rings (SSSR count). The molecule has 1 atom stereocenters. The SMILES string of the molecule is CCCCCC/C=C/CCCCO[C@@H]1CCCCO1. The minimum atomic E-state index is 0.0860. The van der Waals surface area contributed by atoms with E-state index >= 15 is 0 Å². The molecule has 0 aromatic heterocycles. The molecular weight excluding hydrogens is 236 g/mol. The van der Waals surface area contributed by atoms with Crippen molar-refractivity contribution in [3.8, 4) is 0 Å². The largest absolute Gasteiger partial charge is 0.353 e. The highest BCUT2D eigenvalue weighted by Crippen LogP contribution is 2.14. The van der Waals surface area contributed by atoms with Crippen LogP contribution in [-0.4, -0.2) is 19.5 Å². The highest BCUT2D eigenvalue weighted by Gasteiger charge is 2.12. The molecule has 0 bridgehead atoms. The predicted octanol–water partition coefficient (Wildman–Crippen LogP) is 5.23. The summed E-state index contributed by atoms with van der Waals surface area (Å²) in [6, 6.07) is 0. The molecule has 0 unspecified atom stereocenters. The van der Waals surface area contributed by atoms with Gasteiger partial charge in [0.05, 0.1) is 0 Å². The molecule has 0 amide bonds. The van der Waals surface area contributed by atoms with Crippen LogP contribution in [0.2, 0.25) is 0 Å². The topological polar surface area (TPSA) is 18.5 Å². The maximum absolute atomic E-state index is 5.71. The van der Waals surface area contributed by atoms with Crippen molar-refractivity contribution in [2.24, 2.45) is 0 Å². The highest BCUT2D eigenvalue weighted by molar-refractivity contribution is 4.81. The van der Waals surface area contributed by atoms with Gasteiger partial charge in [0.1, 0.15) is 0 Å². The Hall–Kier alpha value is -0.340. The number of rotatable bonds is 11. The van der Waals surface area contributed by atoms with Gasteiger partial charge in [0.2, 0.25) is 0 Å². The molecule has 1 aliphatic heterocycles. The zero-order valence-electron chi connectivity index (χ0n) is 12.7. The van der Waals surface area contributed by atoms with E-state index in [4.69, 9.17) is 9.47 Å². The van der Waals surface area contributed by atoms with Crippen LogP contribution in [0.25, 0.3) is 0 Å².